The molecule has 0 amide bonds. The van der Waals surface area contributed by atoms with Crippen LogP contribution in [-0.2, 0) is 67.4 Å². The second-order valence-electron chi connectivity index (χ2n) is 20.5. The van der Waals surface area contributed by atoms with Gasteiger partial charge in [0.1, 0.15) is 51.3 Å². The summed E-state index contributed by atoms with van der Waals surface area (Å²) < 4.78 is 52.0. The van der Waals surface area contributed by atoms with Gasteiger partial charge in [0, 0.05) is 38.0 Å². The Morgan fingerprint density at radius 3 is 0.595 bits per heavy atom. The molecular formula is C63H105O15Ti. The Morgan fingerprint density at radius 2 is 0.443 bits per heavy atom. The van der Waals surface area contributed by atoms with Crippen LogP contribution in [0.15, 0.2) is 54.6 Å². The molecule has 3 aromatic carbocycles. The van der Waals surface area contributed by atoms with Gasteiger partial charge in [-0.15, -0.1) is 0 Å². The van der Waals surface area contributed by atoms with Gasteiger partial charge < -0.3 is 73.1 Å². The van der Waals surface area contributed by atoms with Crippen molar-refractivity contribution in [2.45, 2.75) is 215 Å². The maximum absolute atomic E-state index is 11.5. The molecule has 3 aromatic rings. The van der Waals surface area contributed by atoms with Crippen molar-refractivity contribution in [2.75, 3.05) is 79.3 Å². The first-order valence-electron chi connectivity index (χ1n) is 29.7. The molecule has 79 heavy (non-hydrogen) atoms. The van der Waals surface area contributed by atoms with Crippen LogP contribution in [0, 0.1) is 0 Å². The Morgan fingerprint density at radius 1 is 0.278 bits per heavy atom. The third-order valence-electron chi connectivity index (χ3n) is 12.7. The molecule has 1 radical (unpaired) electrons. The molecule has 0 fully saturated rings. The molecule has 0 bridgehead atoms. The summed E-state index contributed by atoms with van der Waals surface area (Å²) in [5.74, 6) is 4.16. The summed E-state index contributed by atoms with van der Waals surface area (Å²) in [6.07, 6.45) is 18.3. The molecule has 0 spiro atoms. The summed E-state index contributed by atoms with van der Waals surface area (Å²) in [5.41, 5.74) is -1.11. The van der Waals surface area contributed by atoms with Gasteiger partial charge >= 0.3 is 21.7 Å². The normalized spacial score (nSPS) is 13.3. The molecule has 15 nitrogen and oxygen atoms in total. The van der Waals surface area contributed by atoms with Crippen LogP contribution < -0.4 is 44.2 Å². The van der Waals surface area contributed by atoms with Crippen LogP contribution in [0.1, 0.15) is 215 Å². The number of ether oxygens (including phenoxy) is 9. The molecule has 0 N–H and O–H groups in total. The monoisotopic (exact) mass is 1150 g/mol. The predicted octanol–water partition coefficient (Wildman–Crippen LogP) is 13.1. The molecular weight excluding hydrogens is 1040 g/mol. The number of hydrogen-bond acceptors (Lipinski definition) is 15. The van der Waals surface area contributed by atoms with E-state index in [9.17, 15) is 15.8 Å². The fraction of sp³-hybridized carbons (Fsp3) is 0.714. The van der Waals surface area contributed by atoms with Crippen LogP contribution in [-0.4, -0.2) is 79.3 Å². The molecule has 0 saturated carbocycles. The molecule has 0 aliphatic heterocycles. The molecule has 3 rings (SSSR count). The molecule has 0 saturated heterocycles. The van der Waals surface area contributed by atoms with Gasteiger partial charge in [-0.05, 0) is 132 Å². The van der Waals surface area contributed by atoms with E-state index in [0.717, 1.165) is 116 Å². The minimum Gasteiger partial charge on any atom is -0.723 e. The fourth-order valence-corrected chi connectivity index (χ4v) is 7.14. The average Bonchev–Trinajstić information content (AvgIpc) is 3.45. The van der Waals surface area contributed by atoms with Gasteiger partial charge in [-0.1, -0.05) is 120 Å². The molecule has 3 unspecified atom stereocenters. The SMILES string of the molecule is CCCCOCC(C)(O[O-])c1cc(OCCCC)cc(OCCCC)c1.CCCCOCC(C)(O[O-])c1cc(OCCCC)cc(OCCCC)c1.CCCCOCC(C)(O[O-])c1cc(OCCCC)cc(OCCCC)c1.[Ti+3]. The molecule has 0 aromatic heterocycles. The van der Waals surface area contributed by atoms with Gasteiger partial charge in [0.15, 0.2) is 0 Å². The van der Waals surface area contributed by atoms with Crippen molar-refractivity contribution in [3.63, 3.8) is 0 Å². The van der Waals surface area contributed by atoms with E-state index in [-0.39, 0.29) is 41.5 Å². The van der Waals surface area contributed by atoms with Gasteiger partial charge in [-0.3, -0.25) is 0 Å². The quantitative estimate of drug-likeness (QED) is 0.0225. The first kappa shape index (κ1) is 75.8. The van der Waals surface area contributed by atoms with Crippen LogP contribution in [0.25, 0.3) is 0 Å². The van der Waals surface area contributed by atoms with E-state index in [4.69, 9.17) is 42.6 Å². The molecule has 0 heterocycles. The maximum Gasteiger partial charge on any atom is 3.00 e. The summed E-state index contributed by atoms with van der Waals surface area (Å²) in [4.78, 5) is 13.7. The van der Waals surface area contributed by atoms with Crippen LogP contribution >= 0.6 is 0 Å². The summed E-state index contributed by atoms with van der Waals surface area (Å²) in [6, 6.07) is 16.7. The third-order valence-corrected chi connectivity index (χ3v) is 12.7. The van der Waals surface area contributed by atoms with Crippen LogP contribution in [0.5, 0.6) is 34.5 Å². The van der Waals surface area contributed by atoms with Gasteiger partial charge in [0.05, 0.1) is 59.5 Å². The average molecular weight is 1150 g/mol. The topological polar surface area (TPSA) is 180 Å². The van der Waals surface area contributed by atoms with E-state index in [1.807, 2.05) is 54.6 Å². The zero-order valence-corrected chi connectivity index (χ0v) is 52.6. The standard InChI is InChI=1S/3C21H36O5.Ti/c3*1-5-8-11-23-17-21(4,26-22)18-14-19(24-12-9-6-2)16-20(15-18)25-13-10-7-3;/h3*14-16,22H,5-13,17H2,1-4H3;/q;;;+3/p-3. The van der Waals surface area contributed by atoms with E-state index in [0.29, 0.717) is 111 Å². The second kappa shape index (κ2) is 47.3. The Kier molecular flexibility index (Phi) is 45.4. The Hall–Kier alpha value is -3.19. The zero-order valence-electron chi connectivity index (χ0n) is 51.0. The number of benzene rings is 3. The van der Waals surface area contributed by atoms with E-state index < -0.39 is 16.8 Å². The molecule has 3 atom stereocenters. The van der Waals surface area contributed by atoms with E-state index >= 15 is 0 Å². The Labute approximate surface area is 493 Å². The summed E-state index contributed by atoms with van der Waals surface area (Å²) in [6.45, 7) is 30.5. The summed E-state index contributed by atoms with van der Waals surface area (Å²) in [5, 5.41) is 34.5. The van der Waals surface area contributed by atoms with Crippen LogP contribution in [0.4, 0.5) is 0 Å². The van der Waals surface area contributed by atoms with Crippen molar-refractivity contribution in [2.24, 2.45) is 0 Å². The van der Waals surface area contributed by atoms with Crippen molar-refractivity contribution >= 4 is 0 Å². The smallest absolute Gasteiger partial charge is 0.723 e. The van der Waals surface area contributed by atoms with Gasteiger partial charge in [0.25, 0.3) is 0 Å². The number of hydrogen-bond donors (Lipinski definition) is 0. The predicted molar refractivity (Wildman–Crippen MR) is 304 cm³/mol. The van der Waals surface area contributed by atoms with E-state index in [1.54, 1.807) is 20.8 Å². The second-order valence-corrected chi connectivity index (χ2v) is 20.5. The Balaban J connectivity index is 0.00000115. The van der Waals surface area contributed by atoms with Crippen LogP contribution in [0.3, 0.4) is 0 Å². The number of rotatable bonds is 45. The fourth-order valence-electron chi connectivity index (χ4n) is 7.14. The first-order chi connectivity index (χ1) is 37.8. The number of unbranched alkanes of at least 4 members (excludes halogenated alkanes) is 9. The van der Waals surface area contributed by atoms with Crippen molar-refractivity contribution in [1.82, 2.24) is 0 Å². The maximum atomic E-state index is 11.5. The van der Waals surface area contributed by atoms with Gasteiger partial charge in [-0.25, -0.2) is 0 Å². The van der Waals surface area contributed by atoms with Crippen LogP contribution in [0.2, 0.25) is 0 Å². The molecule has 0 aliphatic rings. The van der Waals surface area contributed by atoms with Crippen molar-refractivity contribution in [1.29, 1.82) is 0 Å². The van der Waals surface area contributed by atoms with Gasteiger partial charge in [0.2, 0.25) is 0 Å². The van der Waals surface area contributed by atoms with Crippen molar-refractivity contribution in [3.05, 3.63) is 71.3 Å². The van der Waals surface area contributed by atoms with Crippen molar-refractivity contribution in [3.8, 4) is 34.5 Å². The van der Waals surface area contributed by atoms with Crippen molar-refractivity contribution < 1.29 is 94.8 Å². The van der Waals surface area contributed by atoms with E-state index in [2.05, 4.69) is 77.0 Å². The van der Waals surface area contributed by atoms with E-state index in [1.165, 1.54) is 0 Å². The first-order valence-corrected chi connectivity index (χ1v) is 29.7. The molecule has 0 aliphatic carbocycles. The largest absolute Gasteiger partial charge is 3.00 e. The Bertz CT molecular complexity index is 1610. The minimum absolute atomic E-state index is 0. The molecule has 451 valence electrons. The molecule has 16 heteroatoms. The zero-order chi connectivity index (χ0) is 57.8. The van der Waals surface area contributed by atoms with Gasteiger partial charge in [-0.2, -0.15) is 0 Å². The minimum atomic E-state index is -1.08. The third kappa shape index (κ3) is 32.3. The summed E-state index contributed by atoms with van der Waals surface area (Å²) >= 11 is 0. The summed E-state index contributed by atoms with van der Waals surface area (Å²) in [7, 11) is 0.